The summed E-state index contributed by atoms with van der Waals surface area (Å²) in [6.07, 6.45) is 5.77. The molecule has 1 aliphatic rings. The third-order valence-corrected chi connectivity index (χ3v) is 4.19. The van der Waals surface area contributed by atoms with Gasteiger partial charge in [-0.05, 0) is 43.7 Å². The van der Waals surface area contributed by atoms with Gasteiger partial charge in [0.05, 0.1) is 0 Å². The number of aliphatic hydroxyl groups is 1. The molecule has 1 unspecified atom stereocenters. The summed E-state index contributed by atoms with van der Waals surface area (Å²) in [6.45, 7) is 0.184. The van der Waals surface area contributed by atoms with E-state index in [0.717, 1.165) is 0 Å². The van der Waals surface area contributed by atoms with E-state index in [2.05, 4.69) is 6.07 Å². The molecule has 0 saturated carbocycles. The van der Waals surface area contributed by atoms with Gasteiger partial charge < -0.3 is 10.8 Å². The second-order valence-electron chi connectivity index (χ2n) is 3.92. The Bertz CT molecular complexity index is 285. The van der Waals surface area contributed by atoms with Crippen LogP contribution in [0.3, 0.4) is 0 Å². The lowest BCUT2D eigenvalue weighted by atomic mass is 9.98. The highest BCUT2D eigenvalue weighted by molar-refractivity contribution is 7.12. The van der Waals surface area contributed by atoms with Gasteiger partial charge in [-0.25, -0.2) is 0 Å². The van der Waals surface area contributed by atoms with Gasteiger partial charge in [0.25, 0.3) is 0 Å². The van der Waals surface area contributed by atoms with E-state index >= 15 is 0 Å². The maximum absolute atomic E-state index is 8.83. The number of aryl methyl sites for hydroxylation is 2. The maximum atomic E-state index is 8.83. The summed E-state index contributed by atoms with van der Waals surface area (Å²) in [5, 5.41) is 8.83. The van der Waals surface area contributed by atoms with Crippen LogP contribution in [0.4, 0.5) is 0 Å². The third-order valence-electron chi connectivity index (χ3n) is 2.82. The molecule has 0 fully saturated rings. The first-order valence-corrected chi connectivity index (χ1v) is 6.11. The molecule has 78 valence electrons. The first-order chi connectivity index (χ1) is 6.81. The first-order valence-electron chi connectivity index (χ1n) is 5.29. The van der Waals surface area contributed by atoms with Gasteiger partial charge in [0.1, 0.15) is 0 Å². The summed E-state index contributed by atoms with van der Waals surface area (Å²) >= 11 is 1.85. The minimum absolute atomic E-state index is 0.0376. The lowest BCUT2D eigenvalue weighted by Crippen LogP contribution is -2.10. The molecule has 3 N–H and O–H groups in total. The Labute approximate surface area is 88.8 Å². The minimum atomic E-state index is 0.0376. The third kappa shape index (κ3) is 2.00. The zero-order valence-electron chi connectivity index (χ0n) is 8.33. The second kappa shape index (κ2) is 4.43. The quantitative estimate of drug-likeness (QED) is 0.803. The van der Waals surface area contributed by atoms with Crippen molar-refractivity contribution in [3.63, 3.8) is 0 Å². The molecule has 3 heteroatoms. The van der Waals surface area contributed by atoms with E-state index in [1.54, 1.807) is 0 Å². The topological polar surface area (TPSA) is 46.2 Å². The molecule has 2 nitrogen and oxygen atoms in total. The van der Waals surface area contributed by atoms with Gasteiger partial charge in [-0.3, -0.25) is 0 Å². The minimum Gasteiger partial charge on any atom is -0.396 e. The van der Waals surface area contributed by atoms with Crippen LogP contribution in [0.2, 0.25) is 0 Å². The van der Waals surface area contributed by atoms with E-state index in [-0.39, 0.29) is 12.6 Å². The van der Waals surface area contributed by atoms with Gasteiger partial charge >= 0.3 is 0 Å². The van der Waals surface area contributed by atoms with Crippen molar-refractivity contribution in [2.45, 2.75) is 38.1 Å². The molecule has 0 aliphatic heterocycles. The van der Waals surface area contributed by atoms with E-state index in [4.69, 9.17) is 10.8 Å². The molecule has 1 aromatic heterocycles. The van der Waals surface area contributed by atoms with Crippen LogP contribution >= 0.6 is 11.3 Å². The molecule has 1 atom stereocenters. The maximum Gasteiger partial charge on any atom is 0.0449 e. The molecule has 0 amide bonds. The lowest BCUT2D eigenvalue weighted by Gasteiger charge is -2.08. The predicted octanol–water partition coefficient (Wildman–Crippen LogP) is 2.01. The second-order valence-corrected chi connectivity index (χ2v) is 5.09. The SMILES string of the molecule is NC(CCO)c1cc2c(s1)CCCC2. The van der Waals surface area contributed by atoms with Crippen molar-refractivity contribution in [1.82, 2.24) is 0 Å². The van der Waals surface area contributed by atoms with Crippen molar-refractivity contribution in [3.05, 3.63) is 21.4 Å². The van der Waals surface area contributed by atoms with E-state index in [1.165, 1.54) is 41.0 Å². The van der Waals surface area contributed by atoms with E-state index in [9.17, 15) is 0 Å². The molecule has 1 aromatic rings. The van der Waals surface area contributed by atoms with Gasteiger partial charge in [0, 0.05) is 22.4 Å². The van der Waals surface area contributed by atoms with Crippen LogP contribution < -0.4 is 5.73 Å². The highest BCUT2D eigenvalue weighted by atomic mass is 32.1. The van der Waals surface area contributed by atoms with Crippen LogP contribution in [0.15, 0.2) is 6.07 Å². The molecule has 14 heavy (non-hydrogen) atoms. The van der Waals surface area contributed by atoms with Gasteiger partial charge in [-0.1, -0.05) is 0 Å². The van der Waals surface area contributed by atoms with Gasteiger partial charge in [-0.15, -0.1) is 11.3 Å². The lowest BCUT2D eigenvalue weighted by molar-refractivity contribution is 0.277. The first kappa shape index (κ1) is 10.1. The van der Waals surface area contributed by atoms with Crippen molar-refractivity contribution < 1.29 is 5.11 Å². The van der Waals surface area contributed by atoms with E-state index in [0.29, 0.717) is 6.42 Å². The zero-order valence-corrected chi connectivity index (χ0v) is 9.15. The predicted molar refractivity (Wildman–Crippen MR) is 59.6 cm³/mol. The van der Waals surface area contributed by atoms with Crippen LogP contribution in [0.5, 0.6) is 0 Å². The van der Waals surface area contributed by atoms with Crippen LogP contribution in [0.1, 0.15) is 40.6 Å². The molecule has 1 heterocycles. The normalized spacial score (nSPS) is 17.9. The smallest absolute Gasteiger partial charge is 0.0449 e. The Morgan fingerprint density at radius 1 is 1.43 bits per heavy atom. The Morgan fingerprint density at radius 3 is 2.93 bits per heavy atom. The summed E-state index contributed by atoms with van der Waals surface area (Å²) in [5.74, 6) is 0. The van der Waals surface area contributed by atoms with Crippen molar-refractivity contribution in [1.29, 1.82) is 0 Å². The van der Waals surface area contributed by atoms with Gasteiger partial charge in [0.2, 0.25) is 0 Å². The fraction of sp³-hybridized carbons (Fsp3) is 0.636. The highest BCUT2D eigenvalue weighted by Gasteiger charge is 2.16. The molecular weight excluding hydrogens is 194 g/mol. The number of thiophene rings is 1. The molecule has 0 radical (unpaired) electrons. The molecule has 0 bridgehead atoms. The molecule has 0 aromatic carbocycles. The fourth-order valence-corrected chi connectivity index (χ4v) is 3.27. The Balaban J connectivity index is 2.15. The number of aliphatic hydroxyl groups excluding tert-OH is 1. The van der Waals surface area contributed by atoms with Crippen molar-refractivity contribution in [2.24, 2.45) is 5.73 Å². The van der Waals surface area contributed by atoms with Crippen LogP contribution in [0, 0.1) is 0 Å². The summed E-state index contributed by atoms with van der Waals surface area (Å²) in [5.41, 5.74) is 7.47. The Kier molecular flexibility index (Phi) is 3.21. The number of fused-ring (bicyclic) bond motifs is 1. The monoisotopic (exact) mass is 211 g/mol. The zero-order chi connectivity index (χ0) is 9.97. The number of nitrogens with two attached hydrogens (primary N) is 1. The van der Waals surface area contributed by atoms with Gasteiger partial charge in [0.15, 0.2) is 0 Å². The number of rotatable bonds is 3. The standard InChI is InChI=1S/C11H17NOS/c12-9(5-6-13)11-7-8-3-1-2-4-10(8)14-11/h7,9,13H,1-6,12H2. The van der Waals surface area contributed by atoms with Crippen LogP contribution in [0.25, 0.3) is 0 Å². The summed E-state index contributed by atoms with van der Waals surface area (Å²) in [4.78, 5) is 2.78. The van der Waals surface area contributed by atoms with Crippen molar-refractivity contribution >= 4 is 11.3 Å². The largest absolute Gasteiger partial charge is 0.396 e. The molecule has 0 spiro atoms. The average Bonchev–Trinajstić information content (AvgIpc) is 2.61. The number of hydrogen-bond donors (Lipinski definition) is 2. The van der Waals surface area contributed by atoms with Crippen LogP contribution in [-0.4, -0.2) is 11.7 Å². The van der Waals surface area contributed by atoms with E-state index in [1.807, 2.05) is 11.3 Å². The molecule has 1 aliphatic carbocycles. The van der Waals surface area contributed by atoms with Crippen LogP contribution in [-0.2, 0) is 12.8 Å². The molecule has 2 rings (SSSR count). The summed E-state index contributed by atoms with van der Waals surface area (Å²) in [6, 6.07) is 2.29. The average molecular weight is 211 g/mol. The molecule has 0 saturated heterocycles. The Hall–Kier alpha value is -0.380. The number of hydrogen-bond acceptors (Lipinski definition) is 3. The Morgan fingerprint density at radius 2 is 2.21 bits per heavy atom. The van der Waals surface area contributed by atoms with E-state index < -0.39 is 0 Å². The highest BCUT2D eigenvalue weighted by Crippen LogP contribution is 2.32. The van der Waals surface area contributed by atoms with Crippen molar-refractivity contribution in [2.75, 3.05) is 6.61 Å². The summed E-state index contributed by atoms with van der Waals surface area (Å²) < 4.78 is 0. The summed E-state index contributed by atoms with van der Waals surface area (Å²) in [7, 11) is 0. The van der Waals surface area contributed by atoms with Gasteiger partial charge in [-0.2, -0.15) is 0 Å². The van der Waals surface area contributed by atoms with Crippen molar-refractivity contribution in [3.8, 4) is 0 Å². The fourth-order valence-electron chi connectivity index (χ4n) is 1.98. The molecular formula is C11H17NOS.